The lowest BCUT2D eigenvalue weighted by atomic mass is 10.2. The van der Waals surface area contributed by atoms with Gasteiger partial charge in [-0.1, -0.05) is 41.7 Å². The van der Waals surface area contributed by atoms with Crippen LogP contribution < -0.4 is 5.32 Å². The van der Waals surface area contributed by atoms with Crippen molar-refractivity contribution in [3.63, 3.8) is 0 Å². The van der Waals surface area contributed by atoms with Gasteiger partial charge in [0.1, 0.15) is 11.0 Å². The van der Waals surface area contributed by atoms with E-state index in [1.54, 1.807) is 0 Å². The lowest BCUT2D eigenvalue weighted by Crippen LogP contribution is -2.13. The van der Waals surface area contributed by atoms with Gasteiger partial charge in [-0.25, -0.2) is 4.98 Å². The minimum Gasteiger partial charge on any atom is -0.393 e. The molecule has 0 bridgehead atoms. The Morgan fingerprint density at radius 1 is 1.38 bits per heavy atom. The molecule has 0 fully saturated rings. The molecule has 16 heavy (non-hydrogen) atoms. The van der Waals surface area contributed by atoms with E-state index in [-0.39, 0.29) is 11.3 Å². The van der Waals surface area contributed by atoms with Crippen LogP contribution in [-0.4, -0.2) is 22.7 Å². The summed E-state index contributed by atoms with van der Waals surface area (Å²) < 4.78 is 0. The predicted octanol–water partition coefficient (Wildman–Crippen LogP) is 3.61. The Bertz CT molecular complexity index is 360. The third-order valence-corrected chi connectivity index (χ3v) is 3.09. The van der Waals surface area contributed by atoms with Gasteiger partial charge in [-0.2, -0.15) is 0 Å². The number of hydrogen-bond donors (Lipinski definition) is 2. The molecule has 0 aliphatic rings. The van der Waals surface area contributed by atoms with Gasteiger partial charge < -0.3 is 10.4 Å². The molecule has 0 aliphatic carbocycles. The number of hydrogen-bond acceptors (Lipinski definition) is 3. The zero-order valence-electron chi connectivity index (χ0n) is 8.80. The molecule has 0 aliphatic heterocycles. The third kappa shape index (κ3) is 3.98. The molecule has 1 aromatic rings. The van der Waals surface area contributed by atoms with Crippen LogP contribution in [-0.2, 0) is 0 Å². The number of halogens is 3. The van der Waals surface area contributed by atoms with E-state index < -0.39 is 0 Å². The third-order valence-electron chi connectivity index (χ3n) is 2.13. The van der Waals surface area contributed by atoms with Gasteiger partial charge in [-0.3, -0.25) is 0 Å². The van der Waals surface area contributed by atoms with Gasteiger partial charge in [0.15, 0.2) is 0 Å². The zero-order chi connectivity index (χ0) is 12.1. The maximum absolute atomic E-state index is 9.36. The van der Waals surface area contributed by atoms with E-state index >= 15 is 0 Å². The Hall–Kier alpha value is -0.220. The summed E-state index contributed by atoms with van der Waals surface area (Å²) >= 11 is 17.4. The molecule has 1 atom stereocenters. The Kier molecular flexibility index (Phi) is 5.62. The van der Waals surface area contributed by atoms with E-state index in [1.807, 2.05) is 6.92 Å². The highest BCUT2D eigenvalue weighted by Crippen LogP contribution is 2.28. The number of nitrogens with one attached hydrogen (secondary N) is 1. The fourth-order valence-electron chi connectivity index (χ4n) is 1.13. The molecule has 6 heteroatoms. The first-order valence-electron chi connectivity index (χ1n) is 4.98. The quantitative estimate of drug-likeness (QED) is 0.811. The van der Waals surface area contributed by atoms with Gasteiger partial charge >= 0.3 is 0 Å². The molecule has 1 heterocycles. The predicted molar refractivity (Wildman–Crippen MR) is 68.7 cm³/mol. The number of anilines is 1. The molecular formula is C10H13Cl3N2O. The molecule has 90 valence electrons. The molecule has 0 aromatic carbocycles. The SMILES string of the molecule is CCC(O)CCNc1nc(Cl)c(Cl)cc1Cl. The molecule has 0 saturated carbocycles. The lowest BCUT2D eigenvalue weighted by Gasteiger charge is -2.10. The largest absolute Gasteiger partial charge is 0.393 e. The van der Waals surface area contributed by atoms with Crippen LogP contribution in [0.3, 0.4) is 0 Å². The molecule has 3 nitrogen and oxygen atoms in total. The van der Waals surface area contributed by atoms with Crippen LogP contribution >= 0.6 is 34.8 Å². The second kappa shape index (κ2) is 6.50. The van der Waals surface area contributed by atoms with Crippen molar-refractivity contribution < 1.29 is 5.11 Å². The highest BCUT2D eigenvalue weighted by atomic mass is 35.5. The Morgan fingerprint density at radius 2 is 2.06 bits per heavy atom. The second-order valence-electron chi connectivity index (χ2n) is 3.37. The van der Waals surface area contributed by atoms with Crippen LogP contribution in [0, 0.1) is 0 Å². The summed E-state index contributed by atoms with van der Waals surface area (Å²) in [6.45, 7) is 2.51. The second-order valence-corrected chi connectivity index (χ2v) is 4.54. The van der Waals surface area contributed by atoms with Crippen LogP contribution in [0.25, 0.3) is 0 Å². The first kappa shape index (κ1) is 13.8. The van der Waals surface area contributed by atoms with E-state index in [4.69, 9.17) is 34.8 Å². The van der Waals surface area contributed by atoms with Gasteiger partial charge in [-0.15, -0.1) is 0 Å². The molecular weight excluding hydrogens is 270 g/mol. The number of nitrogens with zero attached hydrogens (tertiary/aromatic N) is 1. The highest BCUT2D eigenvalue weighted by molar-refractivity contribution is 6.42. The first-order chi connectivity index (χ1) is 7.54. The number of aliphatic hydroxyl groups is 1. The van der Waals surface area contributed by atoms with Crippen LogP contribution in [0.2, 0.25) is 15.2 Å². The minimum atomic E-state index is -0.311. The summed E-state index contributed by atoms with van der Waals surface area (Å²) in [5.74, 6) is 0.486. The van der Waals surface area contributed by atoms with E-state index in [0.717, 1.165) is 6.42 Å². The summed E-state index contributed by atoms with van der Waals surface area (Å²) in [6.07, 6.45) is 1.05. The van der Waals surface area contributed by atoms with Crippen LogP contribution in [0.1, 0.15) is 19.8 Å². The van der Waals surface area contributed by atoms with E-state index in [1.165, 1.54) is 6.07 Å². The standard InChI is InChI=1S/C10H13Cl3N2O/c1-2-6(16)3-4-14-10-8(12)5-7(11)9(13)15-10/h5-6,16H,2-4H2,1H3,(H,14,15). The Labute approximate surface area is 110 Å². The van der Waals surface area contributed by atoms with Crippen LogP contribution in [0.4, 0.5) is 5.82 Å². The Morgan fingerprint density at radius 3 is 2.69 bits per heavy atom. The molecule has 0 spiro atoms. The number of aliphatic hydroxyl groups excluding tert-OH is 1. The van der Waals surface area contributed by atoms with Crippen LogP contribution in [0.15, 0.2) is 6.07 Å². The van der Waals surface area contributed by atoms with E-state index in [2.05, 4.69) is 10.3 Å². The summed E-state index contributed by atoms with van der Waals surface area (Å²) in [7, 11) is 0. The normalized spacial score (nSPS) is 12.6. The van der Waals surface area contributed by atoms with Crippen molar-refractivity contribution in [3.8, 4) is 0 Å². The lowest BCUT2D eigenvalue weighted by molar-refractivity contribution is 0.164. The minimum absolute atomic E-state index is 0.213. The molecule has 1 unspecified atom stereocenters. The molecule has 1 aromatic heterocycles. The summed E-state index contributed by atoms with van der Waals surface area (Å²) in [5, 5.41) is 13.3. The molecule has 0 radical (unpaired) electrons. The Balaban J connectivity index is 2.57. The topological polar surface area (TPSA) is 45.1 Å². The fourth-order valence-corrected chi connectivity index (χ4v) is 1.69. The maximum atomic E-state index is 9.36. The van der Waals surface area contributed by atoms with Gasteiger partial charge in [0.25, 0.3) is 0 Å². The molecule has 0 saturated heterocycles. The fraction of sp³-hybridized carbons (Fsp3) is 0.500. The van der Waals surface area contributed by atoms with Crippen molar-refractivity contribution in [3.05, 3.63) is 21.3 Å². The molecule has 0 amide bonds. The average Bonchev–Trinajstić information content (AvgIpc) is 2.25. The zero-order valence-corrected chi connectivity index (χ0v) is 11.1. The van der Waals surface area contributed by atoms with Crippen molar-refractivity contribution in [2.75, 3.05) is 11.9 Å². The van der Waals surface area contributed by atoms with Crippen molar-refractivity contribution in [2.24, 2.45) is 0 Å². The van der Waals surface area contributed by atoms with Crippen molar-refractivity contribution in [1.82, 2.24) is 4.98 Å². The molecule has 1 rings (SSSR count). The van der Waals surface area contributed by atoms with Crippen LogP contribution in [0.5, 0.6) is 0 Å². The van der Waals surface area contributed by atoms with Gasteiger partial charge in [0.2, 0.25) is 0 Å². The van der Waals surface area contributed by atoms with Crippen molar-refractivity contribution in [2.45, 2.75) is 25.9 Å². The van der Waals surface area contributed by atoms with Gasteiger partial charge in [-0.05, 0) is 18.9 Å². The van der Waals surface area contributed by atoms with Gasteiger partial charge in [0.05, 0.1) is 16.1 Å². The monoisotopic (exact) mass is 282 g/mol. The average molecular weight is 284 g/mol. The highest BCUT2D eigenvalue weighted by Gasteiger charge is 2.08. The van der Waals surface area contributed by atoms with Gasteiger partial charge in [0, 0.05) is 6.54 Å². The van der Waals surface area contributed by atoms with E-state index in [9.17, 15) is 5.11 Å². The van der Waals surface area contributed by atoms with E-state index in [0.29, 0.717) is 28.8 Å². The summed E-state index contributed by atoms with van der Waals surface area (Å²) in [5.41, 5.74) is 0. The first-order valence-corrected chi connectivity index (χ1v) is 6.11. The number of aromatic nitrogens is 1. The smallest absolute Gasteiger partial charge is 0.150 e. The van der Waals surface area contributed by atoms with Crippen molar-refractivity contribution in [1.29, 1.82) is 0 Å². The molecule has 2 N–H and O–H groups in total. The summed E-state index contributed by atoms with van der Waals surface area (Å²) in [4.78, 5) is 4.00. The number of rotatable bonds is 5. The van der Waals surface area contributed by atoms with Crippen molar-refractivity contribution >= 4 is 40.6 Å². The summed E-state index contributed by atoms with van der Waals surface area (Å²) in [6, 6.07) is 1.54. The maximum Gasteiger partial charge on any atom is 0.150 e. The number of pyridine rings is 1.